The normalized spacial score (nSPS) is 13.2. The molecule has 1 aliphatic rings. The fraction of sp³-hybridized carbons (Fsp3) is 0.529. The third-order valence-electron chi connectivity index (χ3n) is 3.78. The molecule has 0 unspecified atom stereocenters. The number of hydrogen-bond donors (Lipinski definition) is 2. The van der Waals surface area contributed by atoms with Crippen molar-refractivity contribution in [1.29, 1.82) is 0 Å². The molecule has 0 saturated carbocycles. The highest BCUT2D eigenvalue weighted by molar-refractivity contribution is 14.0. The summed E-state index contributed by atoms with van der Waals surface area (Å²) < 4.78 is 5.29. The van der Waals surface area contributed by atoms with Gasteiger partial charge in [0.1, 0.15) is 0 Å². The maximum atomic E-state index is 12.4. The molecule has 2 N–H and O–H groups in total. The van der Waals surface area contributed by atoms with E-state index in [1.807, 2.05) is 30.0 Å². The predicted octanol–water partition coefficient (Wildman–Crippen LogP) is 1.79. The number of para-hydroxylation sites is 1. The summed E-state index contributed by atoms with van der Waals surface area (Å²) in [6, 6.07) is 8.06. The van der Waals surface area contributed by atoms with Crippen molar-refractivity contribution >= 4 is 41.5 Å². The molecule has 1 aromatic rings. The summed E-state index contributed by atoms with van der Waals surface area (Å²) in [5.74, 6) is 0.703. The maximum Gasteiger partial charge on any atom is 0.246 e. The van der Waals surface area contributed by atoms with E-state index in [9.17, 15) is 4.79 Å². The van der Waals surface area contributed by atoms with Gasteiger partial charge in [0, 0.05) is 39.0 Å². The van der Waals surface area contributed by atoms with Gasteiger partial charge in [-0.1, -0.05) is 18.2 Å². The first-order valence-corrected chi connectivity index (χ1v) is 8.16. The van der Waals surface area contributed by atoms with Crippen LogP contribution in [0, 0.1) is 0 Å². The Hall–Kier alpha value is -1.35. The maximum absolute atomic E-state index is 12.4. The van der Waals surface area contributed by atoms with E-state index in [0.29, 0.717) is 5.96 Å². The Morgan fingerprint density at radius 3 is 2.88 bits per heavy atom. The second-order valence-electron chi connectivity index (χ2n) is 5.33. The number of carbonyl (C=O) groups is 1. The SMILES string of the molecule is CCOCCCNC(=NC)NCC(=O)N1CCc2ccccc21.I. The Labute approximate surface area is 161 Å². The van der Waals surface area contributed by atoms with E-state index < -0.39 is 0 Å². The van der Waals surface area contributed by atoms with Crippen LogP contribution < -0.4 is 15.5 Å². The Balaban J connectivity index is 0.00000288. The third-order valence-corrected chi connectivity index (χ3v) is 3.78. The lowest BCUT2D eigenvalue weighted by Gasteiger charge is -2.18. The molecule has 0 radical (unpaired) electrons. The number of ether oxygens (including phenoxy) is 1. The van der Waals surface area contributed by atoms with Crippen molar-refractivity contribution in [2.24, 2.45) is 4.99 Å². The highest BCUT2D eigenvalue weighted by atomic mass is 127. The molecule has 0 aliphatic carbocycles. The summed E-state index contributed by atoms with van der Waals surface area (Å²) in [6.45, 7) is 5.19. The molecule has 1 aliphatic heterocycles. The van der Waals surface area contributed by atoms with Crippen LogP contribution in [0.3, 0.4) is 0 Å². The summed E-state index contributed by atoms with van der Waals surface area (Å²) in [7, 11) is 1.70. The Morgan fingerprint density at radius 1 is 1.33 bits per heavy atom. The minimum atomic E-state index is 0. The van der Waals surface area contributed by atoms with Gasteiger partial charge in [-0.05, 0) is 31.4 Å². The van der Waals surface area contributed by atoms with Gasteiger partial charge in [-0.25, -0.2) is 0 Å². The van der Waals surface area contributed by atoms with Gasteiger partial charge in [-0.3, -0.25) is 9.79 Å². The minimum absolute atomic E-state index is 0. The van der Waals surface area contributed by atoms with Crippen LogP contribution in [0.15, 0.2) is 29.3 Å². The average molecular weight is 446 g/mol. The summed E-state index contributed by atoms with van der Waals surface area (Å²) in [5, 5.41) is 6.26. The molecule has 0 spiro atoms. The lowest BCUT2D eigenvalue weighted by Crippen LogP contribution is -2.44. The van der Waals surface area contributed by atoms with Gasteiger partial charge in [0.15, 0.2) is 5.96 Å². The van der Waals surface area contributed by atoms with Crippen LogP contribution in [0.1, 0.15) is 18.9 Å². The van der Waals surface area contributed by atoms with Gasteiger partial charge < -0.3 is 20.3 Å². The number of hydrogen-bond acceptors (Lipinski definition) is 3. The number of nitrogens with zero attached hydrogens (tertiary/aromatic N) is 2. The zero-order valence-corrected chi connectivity index (χ0v) is 16.7. The molecule has 0 atom stereocenters. The zero-order valence-electron chi connectivity index (χ0n) is 14.4. The fourth-order valence-electron chi connectivity index (χ4n) is 2.60. The van der Waals surface area contributed by atoms with Crippen LogP contribution in [0.2, 0.25) is 0 Å². The fourth-order valence-corrected chi connectivity index (χ4v) is 2.60. The number of fused-ring (bicyclic) bond motifs is 1. The number of amides is 1. The number of benzene rings is 1. The van der Waals surface area contributed by atoms with Crippen molar-refractivity contribution in [3.63, 3.8) is 0 Å². The molecule has 1 amide bonds. The molecule has 1 aromatic carbocycles. The van der Waals surface area contributed by atoms with Crippen LogP contribution in [0.4, 0.5) is 5.69 Å². The highest BCUT2D eigenvalue weighted by Gasteiger charge is 2.23. The smallest absolute Gasteiger partial charge is 0.246 e. The molecule has 1 heterocycles. The van der Waals surface area contributed by atoms with Crippen molar-refractivity contribution in [2.45, 2.75) is 19.8 Å². The van der Waals surface area contributed by atoms with Crippen LogP contribution in [-0.2, 0) is 16.0 Å². The predicted molar refractivity (Wildman–Crippen MR) is 108 cm³/mol. The first kappa shape index (κ1) is 20.7. The van der Waals surface area contributed by atoms with E-state index >= 15 is 0 Å². The second-order valence-corrected chi connectivity index (χ2v) is 5.33. The van der Waals surface area contributed by atoms with Gasteiger partial charge >= 0.3 is 0 Å². The van der Waals surface area contributed by atoms with Crippen molar-refractivity contribution in [2.75, 3.05) is 44.8 Å². The van der Waals surface area contributed by atoms with Crippen LogP contribution in [-0.4, -0.2) is 51.8 Å². The third kappa shape index (κ3) is 5.94. The van der Waals surface area contributed by atoms with Gasteiger partial charge in [0.05, 0.1) is 6.54 Å². The van der Waals surface area contributed by atoms with Crippen LogP contribution in [0.25, 0.3) is 0 Å². The molecule has 6 nitrogen and oxygen atoms in total. The van der Waals surface area contributed by atoms with E-state index in [0.717, 1.165) is 44.8 Å². The van der Waals surface area contributed by atoms with Gasteiger partial charge in [-0.2, -0.15) is 0 Å². The van der Waals surface area contributed by atoms with E-state index in [-0.39, 0.29) is 36.4 Å². The van der Waals surface area contributed by atoms with E-state index in [2.05, 4.69) is 21.7 Å². The summed E-state index contributed by atoms with van der Waals surface area (Å²) in [4.78, 5) is 18.4. The lowest BCUT2D eigenvalue weighted by molar-refractivity contribution is -0.117. The summed E-state index contributed by atoms with van der Waals surface area (Å²) in [6.07, 6.45) is 1.83. The Kier molecular flexibility index (Phi) is 9.70. The minimum Gasteiger partial charge on any atom is -0.382 e. The lowest BCUT2D eigenvalue weighted by atomic mass is 10.2. The second kappa shape index (κ2) is 11.2. The Bertz CT molecular complexity index is 551. The van der Waals surface area contributed by atoms with Crippen molar-refractivity contribution in [3.05, 3.63) is 29.8 Å². The molecule has 24 heavy (non-hydrogen) atoms. The molecular formula is C17H27IN4O2. The number of rotatable bonds is 7. The Morgan fingerprint density at radius 2 is 2.12 bits per heavy atom. The quantitative estimate of drug-likeness (QED) is 0.290. The molecule has 0 fully saturated rings. The molecule has 0 aromatic heterocycles. The van der Waals surface area contributed by atoms with E-state index in [4.69, 9.17) is 4.74 Å². The first-order valence-electron chi connectivity index (χ1n) is 8.16. The van der Waals surface area contributed by atoms with Crippen LogP contribution >= 0.6 is 24.0 Å². The number of aliphatic imine (C=N–C) groups is 1. The summed E-state index contributed by atoms with van der Waals surface area (Å²) in [5.41, 5.74) is 2.26. The van der Waals surface area contributed by atoms with E-state index in [1.54, 1.807) is 7.05 Å². The zero-order chi connectivity index (χ0) is 16.5. The van der Waals surface area contributed by atoms with E-state index in [1.165, 1.54) is 5.56 Å². The molecular weight excluding hydrogens is 419 g/mol. The topological polar surface area (TPSA) is 66.0 Å². The monoisotopic (exact) mass is 446 g/mol. The number of nitrogens with one attached hydrogen (secondary N) is 2. The van der Waals surface area contributed by atoms with Crippen molar-refractivity contribution in [3.8, 4) is 0 Å². The molecule has 7 heteroatoms. The standard InChI is InChI=1S/C17H26N4O2.HI/c1-3-23-12-6-10-19-17(18-2)20-13-16(22)21-11-9-14-7-4-5-8-15(14)21;/h4-5,7-8H,3,6,9-13H2,1-2H3,(H2,18,19,20);1H. The number of carbonyl (C=O) groups excluding carboxylic acids is 1. The number of guanidine groups is 1. The van der Waals surface area contributed by atoms with Gasteiger partial charge in [-0.15, -0.1) is 24.0 Å². The largest absolute Gasteiger partial charge is 0.382 e. The van der Waals surface area contributed by atoms with Crippen molar-refractivity contribution in [1.82, 2.24) is 10.6 Å². The van der Waals surface area contributed by atoms with Gasteiger partial charge in [0.2, 0.25) is 5.91 Å². The molecule has 0 bridgehead atoms. The van der Waals surface area contributed by atoms with Gasteiger partial charge in [0.25, 0.3) is 0 Å². The average Bonchev–Trinajstić information content (AvgIpc) is 3.01. The number of halogens is 1. The van der Waals surface area contributed by atoms with Crippen molar-refractivity contribution < 1.29 is 9.53 Å². The molecule has 0 saturated heterocycles. The highest BCUT2D eigenvalue weighted by Crippen LogP contribution is 2.27. The molecule has 134 valence electrons. The first-order chi connectivity index (χ1) is 11.3. The number of anilines is 1. The summed E-state index contributed by atoms with van der Waals surface area (Å²) >= 11 is 0. The molecule has 2 rings (SSSR count). The van der Waals surface area contributed by atoms with Crippen LogP contribution in [0.5, 0.6) is 0 Å².